The van der Waals surface area contributed by atoms with Crippen molar-refractivity contribution >= 4 is 22.4 Å². The number of thiazole rings is 1. The van der Waals surface area contributed by atoms with E-state index >= 15 is 0 Å². The fourth-order valence-electron chi connectivity index (χ4n) is 1.63. The van der Waals surface area contributed by atoms with Crippen LogP contribution >= 0.6 is 11.3 Å². The van der Waals surface area contributed by atoms with Gasteiger partial charge in [0.2, 0.25) is 0 Å². The Morgan fingerprint density at radius 2 is 2.24 bits per heavy atom. The van der Waals surface area contributed by atoms with Crippen LogP contribution in [0.4, 0.5) is 0 Å². The lowest BCUT2D eigenvalue weighted by Gasteiger charge is -1.94. The van der Waals surface area contributed by atoms with Crippen LogP contribution < -0.4 is 0 Å². The van der Waals surface area contributed by atoms with Crippen LogP contribution in [-0.2, 0) is 0 Å². The maximum atomic E-state index is 8.74. The second-order valence-electron chi connectivity index (χ2n) is 3.57. The molecule has 2 aromatic heterocycles. The summed E-state index contributed by atoms with van der Waals surface area (Å²) in [7, 11) is 0. The Bertz CT molecular complexity index is 736. The highest BCUT2D eigenvalue weighted by Gasteiger charge is 2.07. The van der Waals surface area contributed by atoms with Gasteiger partial charge in [0.1, 0.15) is 16.6 Å². The van der Waals surface area contributed by atoms with Crippen molar-refractivity contribution < 1.29 is 4.42 Å². The Morgan fingerprint density at radius 3 is 3.00 bits per heavy atom. The van der Waals surface area contributed by atoms with E-state index < -0.39 is 0 Å². The minimum atomic E-state index is 0.446. The predicted molar refractivity (Wildman–Crippen MR) is 64.6 cm³/mol. The van der Waals surface area contributed by atoms with E-state index in [2.05, 4.69) is 9.97 Å². The highest BCUT2D eigenvalue weighted by atomic mass is 32.1. The third-order valence-corrected chi connectivity index (χ3v) is 3.25. The van der Waals surface area contributed by atoms with Crippen molar-refractivity contribution in [2.24, 2.45) is 0 Å². The van der Waals surface area contributed by atoms with Gasteiger partial charge in [-0.15, -0.1) is 11.3 Å². The topological polar surface area (TPSA) is 62.7 Å². The molecule has 82 valence electrons. The quantitative estimate of drug-likeness (QED) is 0.656. The van der Waals surface area contributed by atoms with Crippen molar-refractivity contribution in [3.05, 3.63) is 35.2 Å². The van der Waals surface area contributed by atoms with Gasteiger partial charge in [0, 0.05) is 17.9 Å². The van der Waals surface area contributed by atoms with Crippen LogP contribution in [0, 0.1) is 18.3 Å². The van der Waals surface area contributed by atoms with Crippen LogP contribution in [0.3, 0.4) is 0 Å². The van der Waals surface area contributed by atoms with Crippen molar-refractivity contribution in [2.75, 3.05) is 0 Å². The van der Waals surface area contributed by atoms with Gasteiger partial charge in [-0.1, -0.05) is 0 Å². The van der Waals surface area contributed by atoms with E-state index in [1.807, 2.05) is 31.2 Å². The van der Waals surface area contributed by atoms with E-state index in [9.17, 15) is 0 Å². The summed E-state index contributed by atoms with van der Waals surface area (Å²) in [5.74, 6) is 0.647. The van der Waals surface area contributed by atoms with Gasteiger partial charge in [0.05, 0.1) is 0 Å². The number of oxazole rings is 1. The average Bonchev–Trinajstić information content (AvgIpc) is 2.92. The molecule has 17 heavy (non-hydrogen) atoms. The molecule has 0 fully saturated rings. The van der Waals surface area contributed by atoms with Gasteiger partial charge in [0.15, 0.2) is 17.2 Å². The molecule has 2 heterocycles. The van der Waals surface area contributed by atoms with Crippen molar-refractivity contribution in [3.8, 4) is 16.6 Å². The fraction of sp³-hybridized carbons (Fsp3) is 0.0833. The first kappa shape index (κ1) is 10.00. The van der Waals surface area contributed by atoms with Gasteiger partial charge < -0.3 is 4.42 Å². The molecule has 0 aliphatic heterocycles. The molecule has 0 aliphatic carbocycles. The summed E-state index contributed by atoms with van der Waals surface area (Å²) >= 11 is 1.45. The normalized spacial score (nSPS) is 10.6. The zero-order valence-corrected chi connectivity index (χ0v) is 9.78. The zero-order valence-electron chi connectivity index (χ0n) is 8.97. The molecule has 1 aromatic carbocycles. The molecule has 0 spiro atoms. The molecular formula is C12H7N3OS. The molecule has 0 N–H and O–H groups in total. The van der Waals surface area contributed by atoms with E-state index in [0.29, 0.717) is 11.6 Å². The second-order valence-corrected chi connectivity index (χ2v) is 4.42. The number of nitrogens with zero attached hydrogens (tertiary/aromatic N) is 3. The number of benzene rings is 1. The summed E-state index contributed by atoms with van der Waals surface area (Å²) in [5, 5.41) is 11.3. The number of hydrogen-bond acceptors (Lipinski definition) is 5. The van der Waals surface area contributed by atoms with Crippen LogP contribution in [0.1, 0.15) is 11.6 Å². The number of fused-ring (bicyclic) bond motifs is 1. The van der Waals surface area contributed by atoms with Gasteiger partial charge in [-0.3, -0.25) is 0 Å². The van der Waals surface area contributed by atoms with Crippen molar-refractivity contribution in [1.29, 1.82) is 5.26 Å². The molecule has 0 radical (unpaired) electrons. The van der Waals surface area contributed by atoms with Crippen LogP contribution in [0.15, 0.2) is 28.0 Å². The predicted octanol–water partition coefficient (Wildman–Crippen LogP) is 3.13. The highest BCUT2D eigenvalue weighted by molar-refractivity contribution is 7.13. The van der Waals surface area contributed by atoms with Gasteiger partial charge in [0.25, 0.3) is 0 Å². The molecule has 0 bridgehead atoms. The number of aryl methyl sites for hydroxylation is 1. The molecule has 5 heteroatoms. The number of hydrogen-bond donors (Lipinski definition) is 0. The summed E-state index contributed by atoms with van der Waals surface area (Å²) in [4.78, 5) is 8.48. The monoisotopic (exact) mass is 241 g/mol. The summed E-state index contributed by atoms with van der Waals surface area (Å²) in [6, 6.07) is 7.74. The van der Waals surface area contributed by atoms with Crippen molar-refractivity contribution in [2.45, 2.75) is 6.92 Å². The van der Waals surface area contributed by atoms with E-state index in [1.165, 1.54) is 11.3 Å². The fourth-order valence-corrected chi connectivity index (χ4v) is 2.38. The third kappa shape index (κ3) is 1.69. The minimum absolute atomic E-state index is 0.446. The van der Waals surface area contributed by atoms with E-state index in [0.717, 1.165) is 21.7 Å². The first-order valence-electron chi connectivity index (χ1n) is 4.99. The molecule has 3 rings (SSSR count). The second kappa shape index (κ2) is 3.68. The summed E-state index contributed by atoms with van der Waals surface area (Å²) in [6.45, 7) is 1.82. The lowest BCUT2D eigenvalue weighted by Crippen LogP contribution is -1.78. The molecule has 0 aliphatic rings. The average molecular weight is 241 g/mol. The lowest BCUT2D eigenvalue weighted by atomic mass is 10.2. The van der Waals surface area contributed by atoms with Crippen LogP contribution in [0.2, 0.25) is 0 Å². The SMILES string of the molecule is Cc1nc2cc(-c3nc(C#N)cs3)ccc2o1. The van der Waals surface area contributed by atoms with Crippen molar-refractivity contribution in [1.82, 2.24) is 9.97 Å². The highest BCUT2D eigenvalue weighted by Crippen LogP contribution is 2.27. The summed E-state index contributed by atoms with van der Waals surface area (Å²) in [6.07, 6.45) is 0. The van der Waals surface area contributed by atoms with Crippen LogP contribution in [-0.4, -0.2) is 9.97 Å². The summed E-state index contributed by atoms with van der Waals surface area (Å²) in [5.41, 5.74) is 2.98. The third-order valence-electron chi connectivity index (χ3n) is 2.36. The van der Waals surface area contributed by atoms with Gasteiger partial charge in [-0.25, -0.2) is 9.97 Å². The van der Waals surface area contributed by atoms with E-state index in [-0.39, 0.29) is 0 Å². The first-order valence-corrected chi connectivity index (χ1v) is 5.87. The largest absolute Gasteiger partial charge is 0.441 e. The number of nitriles is 1. The van der Waals surface area contributed by atoms with Gasteiger partial charge in [-0.2, -0.15) is 5.26 Å². The van der Waals surface area contributed by atoms with Gasteiger partial charge >= 0.3 is 0 Å². The standard InChI is InChI=1S/C12H7N3OS/c1-7-14-10-4-8(2-3-11(10)16-7)12-15-9(5-13)6-17-12/h2-4,6H,1H3. The molecule has 0 atom stereocenters. The Morgan fingerprint density at radius 1 is 1.35 bits per heavy atom. The maximum absolute atomic E-state index is 8.74. The lowest BCUT2D eigenvalue weighted by molar-refractivity contribution is 0.561. The van der Waals surface area contributed by atoms with E-state index in [1.54, 1.807) is 5.38 Å². The van der Waals surface area contributed by atoms with Crippen LogP contribution in [0.5, 0.6) is 0 Å². The first-order chi connectivity index (χ1) is 8.26. The van der Waals surface area contributed by atoms with Crippen molar-refractivity contribution in [3.63, 3.8) is 0 Å². The Labute approximate surface area is 101 Å². The number of aromatic nitrogens is 2. The molecule has 4 nitrogen and oxygen atoms in total. The minimum Gasteiger partial charge on any atom is -0.441 e. The maximum Gasteiger partial charge on any atom is 0.192 e. The summed E-state index contributed by atoms with van der Waals surface area (Å²) < 4.78 is 5.40. The van der Waals surface area contributed by atoms with Crippen LogP contribution in [0.25, 0.3) is 21.7 Å². The molecule has 0 saturated carbocycles. The molecule has 3 aromatic rings. The number of rotatable bonds is 1. The Kier molecular flexibility index (Phi) is 2.16. The molecule has 0 amide bonds. The Hall–Kier alpha value is -2.19. The zero-order chi connectivity index (χ0) is 11.8. The molecule has 0 saturated heterocycles. The van der Waals surface area contributed by atoms with E-state index in [4.69, 9.17) is 9.68 Å². The van der Waals surface area contributed by atoms with Gasteiger partial charge in [-0.05, 0) is 18.2 Å². The Balaban J connectivity index is 2.14. The molecular weight excluding hydrogens is 234 g/mol. The molecule has 0 unspecified atom stereocenters. The smallest absolute Gasteiger partial charge is 0.192 e.